The van der Waals surface area contributed by atoms with Gasteiger partial charge in [-0.2, -0.15) is 0 Å². The summed E-state index contributed by atoms with van der Waals surface area (Å²) in [4.78, 5) is 2.14. The fourth-order valence-corrected chi connectivity index (χ4v) is 2.35. The van der Waals surface area contributed by atoms with Crippen LogP contribution in [0.1, 0.15) is 16.7 Å². The molecule has 0 saturated carbocycles. The molecule has 0 amide bonds. The number of anilines is 1. The number of nitrogens with zero attached hydrogens (tertiary/aromatic N) is 1. The topological polar surface area (TPSA) is 29.3 Å². The SMILES string of the molecule is Cc1cccc(N(CCN)Cc2ccccc2F)c1C. The Balaban J connectivity index is 2.32. The van der Waals surface area contributed by atoms with Crippen molar-refractivity contribution in [1.82, 2.24) is 0 Å². The minimum Gasteiger partial charge on any atom is -0.366 e. The third-order valence-corrected chi connectivity index (χ3v) is 3.63. The molecule has 0 spiro atoms. The first kappa shape index (κ1) is 14.5. The number of rotatable bonds is 5. The summed E-state index contributed by atoms with van der Waals surface area (Å²) in [6, 6.07) is 13.1. The summed E-state index contributed by atoms with van der Waals surface area (Å²) < 4.78 is 13.8. The second kappa shape index (κ2) is 6.53. The molecule has 0 bridgehead atoms. The van der Waals surface area contributed by atoms with Gasteiger partial charge in [-0.1, -0.05) is 30.3 Å². The molecule has 3 heteroatoms. The van der Waals surface area contributed by atoms with Crippen LogP contribution in [0.4, 0.5) is 10.1 Å². The Bertz CT molecular complexity index is 581. The van der Waals surface area contributed by atoms with Crippen LogP contribution in [0.2, 0.25) is 0 Å². The average Bonchev–Trinajstić information content (AvgIpc) is 2.44. The monoisotopic (exact) mass is 272 g/mol. The summed E-state index contributed by atoms with van der Waals surface area (Å²) in [5.74, 6) is -0.167. The van der Waals surface area contributed by atoms with E-state index in [1.807, 2.05) is 18.2 Å². The zero-order chi connectivity index (χ0) is 14.5. The normalized spacial score (nSPS) is 10.6. The van der Waals surface area contributed by atoms with Crippen molar-refractivity contribution >= 4 is 5.69 Å². The zero-order valence-electron chi connectivity index (χ0n) is 12.1. The van der Waals surface area contributed by atoms with Crippen molar-refractivity contribution in [3.05, 3.63) is 65.0 Å². The Hall–Kier alpha value is -1.87. The Morgan fingerprint density at radius 1 is 1.05 bits per heavy atom. The Kier molecular flexibility index (Phi) is 4.74. The maximum Gasteiger partial charge on any atom is 0.128 e. The molecule has 0 aliphatic rings. The Morgan fingerprint density at radius 2 is 1.80 bits per heavy atom. The molecular formula is C17H21FN2. The summed E-state index contributed by atoms with van der Waals surface area (Å²) in [5.41, 5.74) is 9.99. The molecule has 2 nitrogen and oxygen atoms in total. The number of hydrogen-bond donors (Lipinski definition) is 1. The molecule has 0 radical (unpaired) electrons. The van der Waals surface area contributed by atoms with Gasteiger partial charge >= 0.3 is 0 Å². The third-order valence-electron chi connectivity index (χ3n) is 3.63. The summed E-state index contributed by atoms with van der Waals surface area (Å²) in [5, 5.41) is 0. The van der Waals surface area contributed by atoms with Gasteiger partial charge in [-0.3, -0.25) is 0 Å². The molecule has 0 atom stereocenters. The largest absolute Gasteiger partial charge is 0.366 e. The molecule has 0 unspecified atom stereocenters. The van der Waals surface area contributed by atoms with Crippen molar-refractivity contribution in [3.63, 3.8) is 0 Å². The maximum atomic E-state index is 13.8. The molecule has 2 N–H and O–H groups in total. The predicted octanol–water partition coefficient (Wildman–Crippen LogP) is 3.41. The van der Waals surface area contributed by atoms with E-state index in [0.29, 0.717) is 25.2 Å². The van der Waals surface area contributed by atoms with Gasteiger partial charge in [0.25, 0.3) is 0 Å². The highest BCUT2D eigenvalue weighted by Gasteiger charge is 2.12. The standard InChI is InChI=1S/C17H21FN2/c1-13-6-5-9-17(14(13)2)20(11-10-19)12-15-7-3-4-8-16(15)18/h3-9H,10-12,19H2,1-2H3. The highest BCUT2D eigenvalue weighted by molar-refractivity contribution is 5.56. The van der Waals surface area contributed by atoms with Crippen molar-refractivity contribution in [3.8, 4) is 0 Å². The molecule has 0 heterocycles. The van der Waals surface area contributed by atoms with E-state index in [2.05, 4.69) is 30.9 Å². The van der Waals surface area contributed by atoms with E-state index in [1.54, 1.807) is 6.07 Å². The molecule has 0 aliphatic carbocycles. The Morgan fingerprint density at radius 3 is 2.50 bits per heavy atom. The van der Waals surface area contributed by atoms with Crippen LogP contribution in [-0.4, -0.2) is 13.1 Å². The highest BCUT2D eigenvalue weighted by atomic mass is 19.1. The van der Waals surface area contributed by atoms with Gasteiger partial charge in [-0.15, -0.1) is 0 Å². The van der Waals surface area contributed by atoms with Crippen LogP contribution in [0.25, 0.3) is 0 Å². The molecule has 0 aromatic heterocycles. The minimum absolute atomic E-state index is 0.167. The number of halogens is 1. The van der Waals surface area contributed by atoms with Gasteiger partial charge in [0.1, 0.15) is 5.82 Å². The molecule has 2 aromatic rings. The lowest BCUT2D eigenvalue weighted by Gasteiger charge is -2.27. The number of aryl methyl sites for hydroxylation is 1. The van der Waals surface area contributed by atoms with Gasteiger partial charge in [0.2, 0.25) is 0 Å². The third kappa shape index (κ3) is 3.17. The summed E-state index contributed by atoms with van der Waals surface area (Å²) in [6.45, 7) is 5.97. The second-order valence-corrected chi connectivity index (χ2v) is 5.02. The molecule has 0 aliphatic heterocycles. The lowest BCUT2D eigenvalue weighted by Crippen LogP contribution is -2.30. The lowest BCUT2D eigenvalue weighted by molar-refractivity contribution is 0.604. The summed E-state index contributed by atoms with van der Waals surface area (Å²) >= 11 is 0. The first-order valence-corrected chi connectivity index (χ1v) is 6.88. The zero-order valence-corrected chi connectivity index (χ0v) is 12.1. The van der Waals surface area contributed by atoms with E-state index < -0.39 is 0 Å². The molecule has 0 saturated heterocycles. The van der Waals surface area contributed by atoms with Crippen molar-refractivity contribution in [2.75, 3.05) is 18.0 Å². The van der Waals surface area contributed by atoms with E-state index in [1.165, 1.54) is 17.2 Å². The van der Waals surface area contributed by atoms with Crippen LogP contribution < -0.4 is 10.6 Å². The first-order valence-electron chi connectivity index (χ1n) is 6.88. The maximum absolute atomic E-state index is 13.8. The van der Waals surface area contributed by atoms with Gasteiger partial charge in [-0.25, -0.2) is 4.39 Å². The molecular weight excluding hydrogens is 251 g/mol. The fraction of sp³-hybridized carbons (Fsp3) is 0.294. The van der Waals surface area contributed by atoms with Gasteiger partial charge < -0.3 is 10.6 Å². The quantitative estimate of drug-likeness (QED) is 0.903. The summed E-state index contributed by atoms with van der Waals surface area (Å²) in [7, 11) is 0. The fourth-order valence-electron chi connectivity index (χ4n) is 2.35. The Labute approximate surface area is 120 Å². The summed E-state index contributed by atoms with van der Waals surface area (Å²) in [6.07, 6.45) is 0. The average molecular weight is 272 g/mol. The number of hydrogen-bond acceptors (Lipinski definition) is 2. The van der Waals surface area contributed by atoms with E-state index in [9.17, 15) is 4.39 Å². The van der Waals surface area contributed by atoms with Crippen LogP contribution in [0.3, 0.4) is 0 Å². The van der Waals surface area contributed by atoms with Crippen molar-refractivity contribution < 1.29 is 4.39 Å². The van der Waals surface area contributed by atoms with Crippen LogP contribution in [0, 0.1) is 19.7 Å². The van der Waals surface area contributed by atoms with E-state index in [-0.39, 0.29) is 5.82 Å². The first-order chi connectivity index (χ1) is 9.63. The predicted molar refractivity (Wildman–Crippen MR) is 82.4 cm³/mol. The van der Waals surface area contributed by atoms with Crippen molar-refractivity contribution in [2.45, 2.75) is 20.4 Å². The molecule has 2 aromatic carbocycles. The minimum atomic E-state index is -0.167. The van der Waals surface area contributed by atoms with Gasteiger partial charge in [0.05, 0.1) is 0 Å². The van der Waals surface area contributed by atoms with Crippen LogP contribution >= 0.6 is 0 Å². The van der Waals surface area contributed by atoms with Crippen LogP contribution in [0.15, 0.2) is 42.5 Å². The second-order valence-electron chi connectivity index (χ2n) is 5.02. The van der Waals surface area contributed by atoms with Gasteiger partial charge in [0.15, 0.2) is 0 Å². The van der Waals surface area contributed by atoms with Crippen molar-refractivity contribution in [2.24, 2.45) is 5.73 Å². The van der Waals surface area contributed by atoms with E-state index in [4.69, 9.17) is 5.73 Å². The van der Waals surface area contributed by atoms with Gasteiger partial charge in [0, 0.05) is 30.9 Å². The van der Waals surface area contributed by atoms with Crippen LogP contribution in [-0.2, 0) is 6.54 Å². The van der Waals surface area contributed by atoms with Gasteiger partial charge in [-0.05, 0) is 37.1 Å². The van der Waals surface area contributed by atoms with E-state index in [0.717, 1.165) is 5.69 Å². The highest BCUT2D eigenvalue weighted by Crippen LogP contribution is 2.24. The number of benzene rings is 2. The van der Waals surface area contributed by atoms with Crippen LogP contribution in [0.5, 0.6) is 0 Å². The van der Waals surface area contributed by atoms with E-state index >= 15 is 0 Å². The lowest BCUT2D eigenvalue weighted by atomic mass is 10.1. The smallest absolute Gasteiger partial charge is 0.128 e. The number of nitrogens with two attached hydrogens (primary N) is 1. The molecule has 106 valence electrons. The molecule has 20 heavy (non-hydrogen) atoms. The molecule has 2 rings (SSSR count). The van der Waals surface area contributed by atoms with Crippen molar-refractivity contribution in [1.29, 1.82) is 0 Å². The molecule has 0 fully saturated rings.